The Bertz CT molecular complexity index is 854. The Kier molecular flexibility index (Phi) is 4.80. The Labute approximate surface area is 151 Å². The normalized spacial score (nSPS) is 15.1. The van der Waals surface area contributed by atoms with Gasteiger partial charge < -0.3 is 19.9 Å². The summed E-state index contributed by atoms with van der Waals surface area (Å²) in [5.74, 6) is -1.03. The van der Waals surface area contributed by atoms with Gasteiger partial charge in [0.2, 0.25) is 0 Å². The van der Waals surface area contributed by atoms with Gasteiger partial charge in [-0.3, -0.25) is 0 Å². The third kappa shape index (κ3) is 3.92. The van der Waals surface area contributed by atoms with Crippen LogP contribution in [0.1, 0.15) is 53.2 Å². The molecule has 0 aliphatic carbocycles. The van der Waals surface area contributed by atoms with E-state index >= 15 is 0 Å². The molecule has 1 unspecified atom stereocenters. The maximum Gasteiger partial charge on any atom is 0.344 e. The number of hydrogen-bond acceptors (Lipinski definition) is 6. The highest BCUT2D eigenvalue weighted by Crippen LogP contribution is 2.34. The molecule has 0 bridgehead atoms. The predicted octanol–water partition coefficient (Wildman–Crippen LogP) is 2.86. The number of benzene rings is 2. The highest BCUT2D eigenvalue weighted by Gasteiger charge is 2.26. The fourth-order valence-electron chi connectivity index (χ4n) is 2.57. The lowest BCUT2D eigenvalue weighted by atomic mass is 10.0. The summed E-state index contributed by atoms with van der Waals surface area (Å²) in [7, 11) is 0. The minimum atomic E-state index is -0.799. The van der Waals surface area contributed by atoms with Gasteiger partial charge in [0.05, 0.1) is 17.2 Å². The maximum atomic E-state index is 12.4. The molecule has 1 aliphatic heterocycles. The molecule has 3 rings (SSSR count). The molecule has 0 aromatic heterocycles. The van der Waals surface area contributed by atoms with Crippen molar-refractivity contribution in [3.05, 3.63) is 59.2 Å². The summed E-state index contributed by atoms with van der Waals surface area (Å²) < 4.78 is 10.7. The van der Waals surface area contributed by atoms with Gasteiger partial charge in [-0.25, -0.2) is 9.59 Å². The van der Waals surface area contributed by atoms with Gasteiger partial charge in [0, 0.05) is 12.1 Å². The van der Waals surface area contributed by atoms with Gasteiger partial charge in [-0.05, 0) is 50.6 Å². The van der Waals surface area contributed by atoms with Gasteiger partial charge in [0.25, 0.3) is 0 Å². The Morgan fingerprint density at radius 3 is 2.12 bits per heavy atom. The van der Waals surface area contributed by atoms with Crippen LogP contribution in [0.2, 0.25) is 0 Å². The van der Waals surface area contributed by atoms with Gasteiger partial charge in [-0.15, -0.1) is 0 Å². The predicted molar refractivity (Wildman–Crippen MR) is 95.5 cm³/mol. The molecule has 26 heavy (non-hydrogen) atoms. The highest BCUT2D eigenvalue weighted by atomic mass is 16.6. The number of hydrogen-bond donors (Lipinski definition) is 2. The summed E-state index contributed by atoms with van der Waals surface area (Å²) in [4.78, 5) is 24.7. The van der Waals surface area contributed by atoms with Crippen LogP contribution < -0.4 is 14.8 Å². The second-order valence-electron chi connectivity index (χ2n) is 7.18. The molecule has 0 spiro atoms. The van der Waals surface area contributed by atoms with Crippen LogP contribution in [0, 0.1) is 0 Å². The van der Waals surface area contributed by atoms with Crippen LogP contribution in [0.25, 0.3) is 0 Å². The molecular formula is C20H21NO5. The fourth-order valence-corrected chi connectivity index (χ4v) is 2.57. The van der Waals surface area contributed by atoms with E-state index in [1.54, 1.807) is 18.2 Å². The van der Waals surface area contributed by atoms with Crippen molar-refractivity contribution in [3.63, 3.8) is 0 Å². The average molecular weight is 355 g/mol. The monoisotopic (exact) mass is 355 g/mol. The lowest BCUT2D eigenvalue weighted by Crippen LogP contribution is -2.38. The number of fused-ring (bicyclic) bond motifs is 2. The molecule has 136 valence electrons. The average Bonchev–Trinajstić information content (AvgIpc) is 2.59. The first-order valence-electron chi connectivity index (χ1n) is 8.35. The van der Waals surface area contributed by atoms with Gasteiger partial charge in [-0.2, -0.15) is 0 Å². The number of β-amino-alcohol motifs (C(OH)–C–C–N with tert-alkyl or cyclic N) is 1. The van der Waals surface area contributed by atoms with Crippen molar-refractivity contribution in [2.24, 2.45) is 0 Å². The van der Waals surface area contributed by atoms with Crippen LogP contribution in [-0.2, 0) is 0 Å². The summed E-state index contributed by atoms with van der Waals surface area (Å²) >= 11 is 0. The first-order chi connectivity index (χ1) is 12.2. The van der Waals surface area contributed by atoms with Gasteiger partial charge in [0.15, 0.2) is 11.5 Å². The summed E-state index contributed by atoms with van der Waals surface area (Å²) in [5.41, 5.74) is 0.708. The van der Waals surface area contributed by atoms with E-state index < -0.39 is 18.0 Å². The summed E-state index contributed by atoms with van der Waals surface area (Å²) in [5, 5.41) is 13.6. The topological polar surface area (TPSA) is 84.9 Å². The van der Waals surface area contributed by atoms with Gasteiger partial charge >= 0.3 is 11.9 Å². The van der Waals surface area contributed by atoms with E-state index in [1.165, 1.54) is 24.3 Å². The third-order valence-electron chi connectivity index (χ3n) is 3.95. The van der Waals surface area contributed by atoms with Crippen molar-refractivity contribution in [2.45, 2.75) is 32.4 Å². The highest BCUT2D eigenvalue weighted by molar-refractivity contribution is 6.05. The molecule has 6 heteroatoms. The van der Waals surface area contributed by atoms with Crippen LogP contribution in [0.3, 0.4) is 0 Å². The summed E-state index contributed by atoms with van der Waals surface area (Å²) in [6.07, 6.45) is -0.799. The van der Waals surface area contributed by atoms with E-state index in [0.717, 1.165) is 0 Å². The fraction of sp³-hybridized carbons (Fsp3) is 0.300. The Morgan fingerprint density at radius 2 is 1.54 bits per heavy atom. The molecule has 1 heterocycles. The number of carbonyl (C=O) groups excluding carboxylic acids is 2. The number of nitrogens with one attached hydrogen (secondary N) is 1. The van der Waals surface area contributed by atoms with Crippen LogP contribution in [-0.4, -0.2) is 29.1 Å². The number of ether oxygens (including phenoxy) is 2. The largest absolute Gasteiger partial charge is 0.419 e. The van der Waals surface area contributed by atoms with E-state index in [0.29, 0.717) is 12.1 Å². The zero-order chi connectivity index (χ0) is 18.9. The van der Waals surface area contributed by atoms with Crippen molar-refractivity contribution >= 4 is 11.9 Å². The number of carbonyl (C=O) groups is 2. The van der Waals surface area contributed by atoms with Crippen LogP contribution in [0.4, 0.5) is 0 Å². The van der Waals surface area contributed by atoms with E-state index in [2.05, 4.69) is 5.32 Å². The first kappa shape index (κ1) is 18.1. The Hall–Kier alpha value is -2.70. The number of aliphatic hydroxyl groups excluding tert-OH is 1. The minimum Gasteiger partial charge on any atom is -0.419 e. The van der Waals surface area contributed by atoms with Crippen LogP contribution in [0.5, 0.6) is 11.5 Å². The smallest absolute Gasteiger partial charge is 0.344 e. The molecular weight excluding hydrogens is 334 g/mol. The van der Waals surface area contributed by atoms with Crippen molar-refractivity contribution in [1.82, 2.24) is 5.32 Å². The second kappa shape index (κ2) is 6.90. The van der Waals surface area contributed by atoms with Crippen LogP contribution >= 0.6 is 0 Å². The first-order valence-corrected chi connectivity index (χ1v) is 8.35. The quantitative estimate of drug-likeness (QED) is 0.651. The number of rotatable bonds is 3. The Balaban J connectivity index is 1.89. The van der Waals surface area contributed by atoms with E-state index in [1.807, 2.05) is 20.8 Å². The molecule has 6 nitrogen and oxygen atoms in total. The summed E-state index contributed by atoms with van der Waals surface area (Å²) in [6, 6.07) is 11.0. The van der Waals surface area contributed by atoms with Crippen molar-refractivity contribution in [1.29, 1.82) is 0 Å². The standard InChI is InChI=1S/C20H21NO5/c1-20(2,3)21-11-15(22)12-8-9-16-17(10-12)26-19(24)14-7-5-4-6-13(14)18(23)25-16/h4-10,15,21-22H,11H2,1-3H3. The Morgan fingerprint density at radius 1 is 0.962 bits per heavy atom. The molecule has 0 fully saturated rings. The molecule has 1 aliphatic rings. The molecule has 1 atom stereocenters. The van der Waals surface area contributed by atoms with E-state index in [-0.39, 0.29) is 28.2 Å². The van der Waals surface area contributed by atoms with Gasteiger partial charge in [0.1, 0.15) is 0 Å². The van der Waals surface area contributed by atoms with Crippen molar-refractivity contribution in [3.8, 4) is 11.5 Å². The SMILES string of the molecule is CC(C)(C)NCC(O)c1ccc2c(c1)OC(=O)c1ccccc1C(=O)O2. The van der Waals surface area contributed by atoms with Crippen LogP contribution in [0.15, 0.2) is 42.5 Å². The molecule has 2 aromatic carbocycles. The molecule has 0 saturated heterocycles. The van der Waals surface area contributed by atoms with E-state index in [4.69, 9.17) is 9.47 Å². The number of aliphatic hydroxyl groups is 1. The molecule has 0 amide bonds. The minimum absolute atomic E-state index is 0.102. The zero-order valence-corrected chi connectivity index (χ0v) is 14.9. The molecule has 0 radical (unpaired) electrons. The molecule has 0 saturated carbocycles. The van der Waals surface area contributed by atoms with Crippen molar-refractivity contribution < 1.29 is 24.2 Å². The van der Waals surface area contributed by atoms with E-state index in [9.17, 15) is 14.7 Å². The van der Waals surface area contributed by atoms with Crippen molar-refractivity contribution in [2.75, 3.05) is 6.54 Å². The number of esters is 2. The second-order valence-corrected chi connectivity index (χ2v) is 7.18. The lowest BCUT2D eigenvalue weighted by Gasteiger charge is -2.23. The molecule has 2 N–H and O–H groups in total. The molecule has 2 aromatic rings. The lowest BCUT2D eigenvalue weighted by molar-refractivity contribution is 0.0647. The maximum absolute atomic E-state index is 12.4. The third-order valence-corrected chi connectivity index (χ3v) is 3.95. The van der Waals surface area contributed by atoms with Gasteiger partial charge in [-0.1, -0.05) is 18.2 Å². The zero-order valence-electron chi connectivity index (χ0n) is 14.9. The summed E-state index contributed by atoms with van der Waals surface area (Å²) in [6.45, 7) is 6.33.